The average molecular weight is 144 g/mol. The molecule has 0 saturated carbocycles. The number of rotatable bonds is 1. The van der Waals surface area contributed by atoms with Gasteiger partial charge in [0.05, 0.1) is 0 Å². The molecule has 0 rings (SSSR count). The first-order valence-corrected chi connectivity index (χ1v) is 4.32. The highest BCUT2D eigenvalue weighted by molar-refractivity contribution is 8.09. The van der Waals surface area contributed by atoms with Gasteiger partial charge in [0.2, 0.25) is 0 Å². The summed E-state index contributed by atoms with van der Waals surface area (Å²) in [6.45, 7) is 0.828. The van der Waals surface area contributed by atoms with E-state index in [9.17, 15) is 8.60 Å². The maximum Gasteiger partial charge on any atom is 0.194 e. The first-order valence-electron chi connectivity index (χ1n) is 1.97. The summed E-state index contributed by atoms with van der Waals surface area (Å²) in [6.07, 6.45) is 0.571. The number of hydrogen-bond donors (Lipinski definition) is 2. The molecular weight excluding hydrogens is 135 g/mol. The van der Waals surface area contributed by atoms with Gasteiger partial charge in [-0.2, -0.15) is 0 Å². The van der Waals surface area contributed by atoms with Crippen molar-refractivity contribution < 1.29 is 17.7 Å². The first-order chi connectivity index (χ1) is 3.20. The van der Waals surface area contributed by atoms with E-state index in [1.807, 2.05) is 0 Å². The highest BCUT2D eigenvalue weighted by Crippen LogP contribution is 2.18. The molecule has 3 nitrogen and oxygen atoms in total. The molecule has 5 heteroatoms. The zero-order valence-corrected chi connectivity index (χ0v) is 5.48. The van der Waals surface area contributed by atoms with Crippen LogP contribution in [0, 0.1) is 0 Å². The van der Waals surface area contributed by atoms with E-state index in [1.54, 1.807) is 0 Å². The summed E-state index contributed by atoms with van der Waals surface area (Å²) in [7, 11) is -4.88. The van der Waals surface area contributed by atoms with Crippen molar-refractivity contribution in [1.29, 1.82) is 0 Å². The maximum absolute atomic E-state index is 11.8. The van der Waals surface area contributed by atoms with E-state index >= 15 is 0 Å². The number of alkyl halides is 1. The molecule has 1 atom stereocenters. The van der Waals surface area contributed by atoms with Crippen LogP contribution in [0.3, 0.4) is 0 Å². The van der Waals surface area contributed by atoms with E-state index < -0.39 is 15.1 Å². The lowest BCUT2D eigenvalue weighted by Crippen LogP contribution is -2.37. The Labute approximate surface area is 47.0 Å². The van der Waals surface area contributed by atoms with Crippen LogP contribution in [0.4, 0.5) is 4.39 Å². The molecule has 2 N–H and O–H groups in total. The molecule has 52 valence electrons. The smallest absolute Gasteiger partial charge is 0.194 e. The van der Waals surface area contributed by atoms with Crippen molar-refractivity contribution in [3.8, 4) is 0 Å². The molecule has 0 fully saturated rings. The molecule has 0 bridgehead atoms. The molecule has 0 aliphatic rings. The topological polar surface area (TPSA) is 57.5 Å². The molecule has 0 aromatic rings. The lowest BCUT2D eigenvalue weighted by molar-refractivity contribution is 0.327. The highest BCUT2D eigenvalue weighted by Gasteiger charge is 2.30. The molecule has 0 saturated heterocycles. The lowest BCUT2D eigenvalue weighted by atomic mass is 10.9. The second-order valence-corrected chi connectivity index (χ2v) is 5.11. The Hall–Kier alpha value is -0.0000000000000000416. The van der Waals surface area contributed by atoms with Gasteiger partial charge in [-0.3, -0.25) is 0 Å². The van der Waals surface area contributed by atoms with Crippen molar-refractivity contribution in [3.63, 3.8) is 0 Å². The van der Waals surface area contributed by atoms with Crippen molar-refractivity contribution in [3.05, 3.63) is 0 Å². The fraction of sp³-hybridized carbons (Fsp3) is 1.00. The van der Waals surface area contributed by atoms with Gasteiger partial charge in [0.25, 0.3) is 0 Å². The van der Waals surface area contributed by atoms with E-state index in [4.69, 9.17) is 9.11 Å². The van der Waals surface area contributed by atoms with Gasteiger partial charge in [-0.1, -0.05) is 0 Å². The van der Waals surface area contributed by atoms with Gasteiger partial charge in [-0.05, 0) is 6.92 Å². The summed E-state index contributed by atoms with van der Waals surface area (Å²) in [5, 5.41) is 0. The molecule has 0 aliphatic carbocycles. The molecule has 8 heavy (non-hydrogen) atoms. The number of hydrogen-bond acceptors (Lipinski definition) is 1. The Morgan fingerprint density at radius 2 is 1.75 bits per heavy atom. The van der Waals surface area contributed by atoms with E-state index in [0.717, 1.165) is 6.92 Å². The minimum Gasteiger partial charge on any atom is -0.306 e. The molecule has 0 spiro atoms. The van der Waals surface area contributed by atoms with Crippen LogP contribution in [-0.4, -0.2) is 25.1 Å². The second kappa shape index (κ2) is 1.49. The summed E-state index contributed by atoms with van der Waals surface area (Å²) in [6, 6.07) is 0. The van der Waals surface area contributed by atoms with Crippen LogP contribution in [0.15, 0.2) is 0 Å². The van der Waals surface area contributed by atoms with Crippen LogP contribution in [0.5, 0.6) is 0 Å². The van der Waals surface area contributed by atoms with Crippen LogP contribution < -0.4 is 0 Å². The molecule has 0 heterocycles. The standard InChI is InChI=1S/C3H9FO3S/c1-3(4)8(2,5,6)7/h3H,1-2H3,(H2,5,6,7). The maximum atomic E-state index is 11.8. The zero-order chi connectivity index (χ0) is 7.02. The molecule has 0 aliphatic heterocycles. The van der Waals surface area contributed by atoms with E-state index in [-0.39, 0.29) is 0 Å². The zero-order valence-electron chi connectivity index (χ0n) is 4.67. The molecule has 1 unspecified atom stereocenters. The third-order valence-corrected chi connectivity index (χ3v) is 2.24. The van der Waals surface area contributed by atoms with Crippen molar-refractivity contribution >= 4 is 9.63 Å². The fourth-order valence-corrected chi connectivity index (χ4v) is 0. The van der Waals surface area contributed by atoms with Gasteiger partial charge < -0.3 is 9.11 Å². The van der Waals surface area contributed by atoms with E-state index in [1.165, 1.54) is 0 Å². The van der Waals surface area contributed by atoms with Crippen molar-refractivity contribution in [2.24, 2.45) is 0 Å². The third kappa shape index (κ3) is 2.34. The molecule has 0 aromatic carbocycles. The van der Waals surface area contributed by atoms with Gasteiger partial charge >= 0.3 is 0 Å². The van der Waals surface area contributed by atoms with Gasteiger partial charge in [0.15, 0.2) is 5.50 Å². The molecule has 0 amide bonds. The van der Waals surface area contributed by atoms with Crippen LogP contribution >= 0.6 is 0 Å². The van der Waals surface area contributed by atoms with E-state index in [0.29, 0.717) is 6.26 Å². The fourth-order valence-electron chi connectivity index (χ4n) is 0. The predicted octanol–water partition coefficient (Wildman–Crippen LogP) is 0.698. The Balaban J connectivity index is 4.40. The Kier molecular flexibility index (Phi) is 1.49. The molecular formula is C3H9FO3S. The van der Waals surface area contributed by atoms with Crippen LogP contribution in [0.25, 0.3) is 0 Å². The van der Waals surface area contributed by atoms with Crippen LogP contribution in [0.2, 0.25) is 0 Å². The van der Waals surface area contributed by atoms with Crippen molar-refractivity contribution in [2.75, 3.05) is 6.26 Å². The van der Waals surface area contributed by atoms with Crippen LogP contribution in [-0.2, 0) is 9.63 Å². The predicted molar refractivity (Wildman–Crippen MR) is 29.9 cm³/mol. The van der Waals surface area contributed by atoms with Crippen molar-refractivity contribution in [1.82, 2.24) is 0 Å². The summed E-state index contributed by atoms with van der Waals surface area (Å²) in [4.78, 5) is 0. The molecule has 0 radical (unpaired) electrons. The summed E-state index contributed by atoms with van der Waals surface area (Å²) in [5.41, 5.74) is -2.09. The van der Waals surface area contributed by atoms with Gasteiger partial charge in [0, 0.05) is 6.26 Å². The Morgan fingerprint density at radius 3 is 1.75 bits per heavy atom. The Bertz CT molecular complexity index is 136. The van der Waals surface area contributed by atoms with E-state index in [2.05, 4.69) is 0 Å². The van der Waals surface area contributed by atoms with Gasteiger partial charge in [-0.25, -0.2) is 8.60 Å². The minimum absolute atomic E-state index is 0.571. The quantitative estimate of drug-likeness (QED) is 0.569. The minimum atomic E-state index is -4.88. The molecule has 0 aromatic heterocycles. The van der Waals surface area contributed by atoms with Crippen LogP contribution in [0.1, 0.15) is 6.92 Å². The third-order valence-electron chi connectivity index (χ3n) is 0.748. The highest BCUT2D eigenvalue weighted by atomic mass is 32.3. The number of halogens is 1. The summed E-state index contributed by atoms with van der Waals surface area (Å²) >= 11 is 0. The summed E-state index contributed by atoms with van der Waals surface area (Å²) < 4.78 is 38.6. The lowest BCUT2D eigenvalue weighted by Gasteiger charge is -2.26. The van der Waals surface area contributed by atoms with Gasteiger partial charge in [0.1, 0.15) is 9.63 Å². The normalized spacial score (nSPS) is 21.4. The van der Waals surface area contributed by atoms with Gasteiger partial charge in [-0.15, -0.1) is 0 Å². The monoisotopic (exact) mass is 144 g/mol. The average Bonchev–Trinajstić information content (AvgIpc) is 1.27. The SMILES string of the molecule is CC(F)S(C)(=O)(O)O. The first kappa shape index (κ1) is 8.00. The second-order valence-electron chi connectivity index (χ2n) is 1.85. The Morgan fingerprint density at radius 1 is 1.62 bits per heavy atom. The summed E-state index contributed by atoms with van der Waals surface area (Å²) in [5.74, 6) is 0. The largest absolute Gasteiger partial charge is 0.306 e. The van der Waals surface area contributed by atoms with Crippen molar-refractivity contribution in [2.45, 2.75) is 12.4 Å².